The van der Waals surface area contributed by atoms with Crippen molar-refractivity contribution in [2.75, 3.05) is 11.6 Å². The van der Waals surface area contributed by atoms with Crippen molar-refractivity contribution in [3.8, 4) is 39.5 Å². The summed E-state index contributed by atoms with van der Waals surface area (Å²) >= 11 is 0. The number of hydrogen-bond acceptors (Lipinski definition) is 7. The van der Waals surface area contributed by atoms with Crippen LogP contribution in [0.15, 0.2) is 88.3 Å². The minimum Gasteiger partial charge on any atom is -0.440 e. The number of aromatic nitrogens is 1. The third kappa shape index (κ3) is 7.40. The molecule has 0 saturated carbocycles. The number of benzene rings is 3. The topological polar surface area (TPSA) is 105 Å². The quantitative estimate of drug-likeness (QED) is 0.149. The van der Waals surface area contributed by atoms with E-state index in [0.717, 1.165) is 30.7 Å². The van der Waals surface area contributed by atoms with Crippen LogP contribution in [0.2, 0.25) is 0 Å². The first kappa shape index (κ1) is 30.4. The molecule has 42 heavy (non-hydrogen) atoms. The van der Waals surface area contributed by atoms with Crippen molar-refractivity contribution in [1.82, 2.24) is 4.98 Å². The summed E-state index contributed by atoms with van der Waals surface area (Å²) in [4.78, 5) is 4.50. The molecule has 220 valence electrons. The van der Waals surface area contributed by atoms with Crippen LogP contribution in [0.1, 0.15) is 12.8 Å². The number of rotatable bonds is 9. The van der Waals surface area contributed by atoms with E-state index >= 15 is 0 Å². The fourth-order valence-corrected chi connectivity index (χ4v) is 4.59. The second-order valence-electron chi connectivity index (χ2n) is 9.32. The molecule has 13 heteroatoms. The van der Waals surface area contributed by atoms with E-state index in [1.807, 2.05) is 0 Å². The Kier molecular flexibility index (Phi) is 8.26. The smallest absolute Gasteiger partial charge is 0.440 e. The Balaban J connectivity index is 1.83. The molecule has 0 atom stereocenters. The molecule has 0 aliphatic heterocycles. The van der Waals surface area contributed by atoms with Gasteiger partial charge in [0.15, 0.2) is 21.5 Å². The van der Waals surface area contributed by atoms with Gasteiger partial charge in [0.25, 0.3) is 5.92 Å². The van der Waals surface area contributed by atoms with Crippen molar-refractivity contribution in [1.29, 1.82) is 5.41 Å². The largest absolute Gasteiger partial charge is 0.573 e. The fraction of sp³-hybridized carbons (Fsp3) is 0.172. The van der Waals surface area contributed by atoms with Crippen LogP contribution in [0, 0.1) is 12.3 Å². The Morgan fingerprint density at radius 3 is 2.24 bits per heavy atom. The number of anilines is 1. The number of alkyl halides is 5. The highest BCUT2D eigenvalue weighted by atomic mass is 32.2. The van der Waals surface area contributed by atoms with Crippen LogP contribution in [0.5, 0.6) is 5.75 Å². The standard InChI is InChI=1S/C29H24F5N3O4S/c1-17-37-26(18-7-10-21(11-8-18)41-29(32,33)34)27(40-17)23-16-20(19-5-4-6-22(15-19)42(3,38)39)9-12-24(23)36-14-13-25(35)28(2,30)31/h4-16,35-36H,1-3H3/b14-13-,35-25?. The molecule has 1 heterocycles. The average Bonchev–Trinajstić information content (AvgIpc) is 3.28. The second kappa shape index (κ2) is 11.4. The zero-order valence-corrected chi connectivity index (χ0v) is 23.2. The maximum Gasteiger partial charge on any atom is 0.573 e. The van der Waals surface area contributed by atoms with E-state index in [-0.39, 0.29) is 22.2 Å². The Hall–Kier alpha value is -4.52. The molecule has 0 spiro atoms. The summed E-state index contributed by atoms with van der Waals surface area (Å²) in [6.07, 6.45) is -1.71. The van der Waals surface area contributed by atoms with E-state index in [4.69, 9.17) is 9.83 Å². The molecule has 1 aromatic heterocycles. The van der Waals surface area contributed by atoms with Gasteiger partial charge in [-0.15, -0.1) is 13.2 Å². The van der Waals surface area contributed by atoms with Crippen molar-refractivity contribution >= 4 is 21.2 Å². The molecule has 0 amide bonds. The maximum atomic E-state index is 13.5. The molecule has 0 radical (unpaired) electrons. The minimum atomic E-state index is -4.86. The van der Waals surface area contributed by atoms with Gasteiger partial charge in [-0.25, -0.2) is 13.4 Å². The molecule has 0 aliphatic rings. The van der Waals surface area contributed by atoms with Crippen molar-refractivity contribution in [3.63, 3.8) is 0 Å². The van der Waals surface area contributed by atoms with Crippen molar-refractivity contribution in [2.45, 2.75) is 31.0 Å². The highest BCUT2D eigenvalue weighted by Crippen LogP contribution is 2.40. The predicted molar refractivity (Wildman–Crippen MR) is 148 cm³/mol. The molecule has 2 N–H and O–H groups in total. The van der Waals surface area contributed by atoms with E-state index < -0.39 is 33.6 Å². The van der Waals surface area contributed by atoms with Crippen LogP contribution in [0.25, 0.3) is 33.7 Å². The summed E-state index contributed by atoms with van der Waals surface area (Å²) in [5.41, 5.74) is 1.61. The summed E-state index contributed by atoms with van der Waals surface area (Å²) in [6.45, 7) is 2.17. The normalized spacial score (nSPS) is 12.5. The SMILES string of the molecule is Cc1nc(-c2ccc(OC(F)(F)F)cc2)c(-c2cc(-c3cccc(S(C)(=O)=O)c3)ccc2N/C=C\C(=N)C(C)(F)F)o1. The van der Waals surface area contributed by atoms with E-state index in [9.17, 15) is 30.4 Å². The molecule has 0 unspecified atom stereocenters. The Bertz CT molecular complexity index is 1760. The molecule has 7 nitrogen and oxygen atoms in total. The third-order valence-corrected chi connectivity index (χ3v) is 7.03. The highest BCUT2D eigenvalue weighted by molar-refractivity contribution is 7.90. The summed E-state index contributed by atoms with van der Waals surface area (Å²) in [7, 11) is -3.50. The Morgan fingerprint density at radius 1 is 0.976 bits per heavy atom. The van der Waals surface area contributed by atoms with E-state index in [1.54, 1.807) is 37.3 Å². The highest BCUT2D eigenvalue weighted by Gasteiger charge is 2.31. The molecule has 4 rings (SSSR count). The molecule has 0 bridgehead atoms. The van der Waals surface area contributed by atoms with Gasteiger partial charge in [0.1, 0.15) is 17.2 Å². The molecule has 0 saturated heterocycles. The van der Waals surface area contributed by atoms with Crippen molar-refractivity contribution in [3.05, 3.63) is 84.9 Å². The zero-order chi connectivity index (χ0) is 30.9. The fourth-order valence-electron chi connectivity index (χ4n) is 3.92. The number of allylic oxidation sites excluding steroid dienone is 1. The molecule has 4 aromatic rings. The van der Waals surface area contributed by atoms with Crippen molar-refractivity contribution < 1.29 is 39.5 Å². The number of oxazole rings is 1. The number of aryl methyl sites for hydroxylation is 1. The number of ether oxygens (including phenoxy) is 1. The van der Waals surface area contributed by atoms with Crippen molar-refractivity contribution in [2.24, 2.45) is 0 Å². The maximum absolute atomic E-state index is 13.5. The summed E-state index contributed by atoms with van der Waals surface area (Å²) in [6, 6.07) is 16.2. The lowest BCUT2D eigenvalue weighted by Gasteiger charge is -2.13. The van der Waals surface area contributed by atoms with E-state index in [1.165, 1.54) is 24.3 Å². The molecule has 3 aromatic carbocycles. The summed E-state index contributed by atoms with van der Waals surface area (Å²) in [5, 5.41) is 10.4. The van der Waals surface area contributed by atoms with Gasteiger partial charge in [-0.05, 0) is 65.7 Å². The van der Waals surface area contributed by atoms with Gasteiger partial charge in [0.2, 0.25) is 0 Å². The van der Waals surface area contributed by atoms with Gasteiger partial charge < -0.3 is 14.5 Å². The lowest BCUT2D eigenvalue weighted by atomic mass is 9.98. The van der Waals surface area contributed by atoms with Crippen LogP contribution < -0.4 is 10.1 Å². The Labute approximate surface area is 238 Å². The number of halogens is 5. The number of nitrogens with one attached hydrogen (secondary N) is 2. The monoisotopic (exact) mass is 605 g/mol. The van der Waals surface area contributed by atoms with Crippen LogP contribution in [0.3, 0.4) is 0 Å². The Morgan fingerprint density at radius 2 is 1.62 bits per heavy atom. The zero-order valence-electron chi connectivity index (χ0n) is 22.4. The number of sulfone groups is 1. The van der Waals surface area contributed by atoms with Gasteiger partial charge in [-0.3, -0.25) is 5.41 Å². The van der Waals surface area contributed by atoms with Gasteiger partial charge in [-0.1, -0.05) is 18.2 Å². The van der Waals surface area contributed by atoms with Crippen LogP contribution in [-0.4, -0.2) is 37.7 Å². The van der Waals surface area contributed by atoms with E-state index in [0.29, 0.717) is 34.9 Å². The number of hydrogen-bond donors (Lipinski definition) is 2. The lowest BCUT2D eigenvalue weighted by Crippen LogP contribution is -2.21. The van der Waals surface area contributed by atoms with Gasteiger partial charge >= 0.3 is 6.36 Å². The first-order valence-electron chi connectivity index (χ1n) is 12.2. The van der Waals surface area contributed by atoms with Crippen LogP contribution in [0.4, 0.5) is 27.6 Å². The van der Waals surface area contributed by atoms with Crippen LogP contribution in [-0.2, 0) is 9.84 Å². The first-order chi connectivity index (χ1) is 19.5. The molecular weight excluding hydrogens is 581 g/mol. The lowest BCUT2D eigenvalue weighted by molar-refractivity contribution is -0.274. The third-order valence-electron chi connectivity index (χ3n) is 5.92. The van der Waals surface area contributed by atoms with Crippen LogP contribution >= 0.6 is 0 Å². The predicted octanol–water partition coefficient (Wildman–Crippen LogP) is 7.89. The van der Waals surface area contributed by atoms with Gasteiger partial charge in [0.05, 0.1) is 4.90 Å². The van der Waals surface area contributed by atoms with Gasteiger partial charge in [0, 0.05) is 43.1 Å². The molecule has 0 aliphatic carbocycles. The summed E-state index contributed by atoms with van der Waals surface area (Å²) in [5.74, 6) is -3.35. The second-order valence-corrected chi connectivity index (χ2v) is 11.3. The van der Waals surface area contributed by atoms with Gasteiger partial charge in [-0.2, -0.15) is 8.78 Å². The average molecular weight is 606 g/mol. The minimum absolute atomic E-state index is 0.100. The molecule has 0 fully saturated rings. The first-order valence-corrected chi connectivity index (χ1v) is 14.1. The van der Waals surface area contributed by atoms with E-state index in [2.05, 4.69) is 15.0 Å². The summed E-state index contributed by atoms with van der Waals surface area (Å²) < 4.78 is 98.9. The molecular formula is C29H24F5N3O4S. The number of nitrogens with zero attached hydrogens (tertiary/aromatic N) is 1.